The second kappa shape index (κ2) is 5.78. The van der Waals surface area contributed by atoms with Crippen LogP contribution in [0.4, 0.5) is 0 Å². The fraction of sp³-hybridized carbons (Fsp3) is 0.312. The van der Waals surface area contributed by atoms with Gasteiger partial charge in [0.25, 0.3) is 5.89 Å². The minimum Gasteiger partial charge on any atom is -0.332 e. The molecule has 0 aliphatic carbocycles. The third-order valence-corrected chi connectivity index (χ3v) is 6.11. The van der Waals surface area contributed by atoms with Gasteiger partial charge in [-0.05, 0) is 12.1 Å². The minimum absolute atomic E-state index is 0.236. The van der Waals surface area contributed by atoms with Crippen molar-refractivity contribution >= 4 is 10.0 Å². The molecule has 2 aromatic heterocycles. The molecule has 0 N–H and O–H groups in total. The van der Waals surface area contributed by atoms with Crippen molar-refractivity contribution in [1.29, 1.82) is 0 Å². The Hall–Kier alpha value is -2.52. The number of hydrogen-bond acceptors (Lipinski definition) is 6. The second-order valence-corrected chi connectivity index (χ2v) is 7.79. The standard InChI is InChI=1S/C16H17N5O3S/c1-3-14-17-16(24-19-14)15-12-9-21(10-13(12)20(2)18-15)25(22,23)11-7-5-4-6-8-11/h4-8H,3,9-10H2,1-2H3. The topological polar surface area (TPSA) is 94.1 Å². The normalized spacial score (nSPS) is 14.8. The van der Waals surface area contributed by atoms with Gasteiger partial charge < -0.3 is 4.52 Å². The molecule has 1 aliphatic heterocycles. The first-order valence-corrected chi connectivity index (χ1v) is 9.37. The van der Waals surface area contributed by atoms with E-state index in [-0.39, 0.29) is 18.0 Å². The maximum absolute atomic E-state index is 12.9. The summed E-state index contributed by atoms with van der Waals surface area (Å²) in [6.45, 7) is 2.44. The van der Waals surface area contributed by atoms with Gasteiger partial charge >= 0.3 is 0 Å². The largest absolute Gasteiger partial charge is 0.332 e. The van der Waals surface area contributed by atoms with Crippen LogP contribution in [0.3, 0.4) is 0 Å². The molecule has 0 saturated carbocycles. The predicted molar refractivity (Wildman–Crippen MR) is 88.8 cm³/mol. The van der Waals surface area contributed by atoms with E-state index < -0.39 is 10.0 Å². The van der Waals surface area contributed by atoms with E-state index in [4.69, 9.17) is 4.52 Å². The molecule has 1 aromatic carbocycles. The van der Waals surface area contributed by atoms with Gasteiger partial charge in [-0.2, -0.15) is 14.4 Å². The summed E-state index contributed by atoms with van der Waals surface area (Å²) in [5.41, 5.74) is 2.20. The number of sulfonamides is 1. The van der Waals surface area contributed by atoms with Gasteiger partial charge in [0.15, 0.2) is 11.5 Å². The van der Waals surface area contributed by atoms with E-state index in [0.717, 1.165) is 11.3 Å². The van der Waals surface area contributed by atoms with Gasteiger partial charge in [-0.25, -0.2) is 8.42 Å². The van der Waals surface area contributed by atoms with E-state index in [1.54, 1.807) is 42.1 Å². The van der Waals surface area contributed by atoms with Crippen LogP contribution in [0.2, 0.25) is 0 Å². The summed E-state index contributed by atoms with van der Waals surface area (Å²) in [5, 5.41) is 8.33. The van der Waals surface area contributed by atoms with E-state index in [9.17, 15) is 8.42 Å². The van der Waals surface area contributed by atoms with Gasteiger partial charge in [0.2, 0.25) is 10.0 Å². The summed E-state index contributed by atoms with van der Waals surface area (Å²) in [5.74, 6) is 0.925. The Morgan fingerprint density at radius 3 is 2.64 bits per heavy atom. The van der Waals surface area contributed by atoms with Crippen LogP contribution >= 0.6 is 0 Å². The molecule has 0 radical (unpaired) electrons. The molecule has 0 amide bonds. The van der Waals surface area contributed by atoms with Crippen molar-refractivity contribution in [2.45, 2.75) is 31.3 Å². The molecule has 3 heterocycles. The second-order valence-electron chi connectivity index (χ2n) is 5.85. The zero-order valence-electron chi connectivity index (χ0n) is 13.9. The lowest BCUT2D eigenvalue weighted by Gasteiger charge is -2.16. The fourth-order valence-electron chi connectivity index (χ4n) is 2.94. The highest BCUT2D eigenvalue weighted by Gasteiger charge is 2.36. The highest BCUT2D eigenvalue weighted by atomic mass is 32.2. The van der Waals surface area contributed by atoms with Crippen molar-refractivity contribution in [3.63, 3.8) is 0 Å². The average molecular weight is 359 g/mol. The van der Waals surface area contributed by atoms with E-state index in [1.165, 1.54) is 4.31 Å². The van der Waals surface area contributed by atoms with Crippen LogP contribution in [-0.2, 0) is 36.6 Å². The Morgan fingerprint density at radius 1 is 1.20 bits per heavy atom. The lowest BCUT2D eigenvalue weighted by molar-refractivity contribution is 0.412. The van der Waals surface area contributed by atoms with Crippen molar-refractivity contribution < 1.29 is 12.9 Å². The van der Waals surface area contributed by atoms with Crippen LogP contribution in [0.5, 0.6) is 0 Å². The zero-order chi connectivity index (χ0) is 17.6. The highest BCUT2D eigenvalue weighted by Crippen LogP contribution is 2.34. The van der Waals surface area contributed by atoms with Gasteiger partial charge in [-0.1, -0.05) is 30.3 Å². The molecule has 1 aliphatic rings. The van der Waals surface area contributed by atoms with Crippen molar-refractivity contribution in [2.75, 3.05) is 0 Å². The van der Waals surface area contributed by atoms with Crippen LogP contribution in [-0.4, -0.2) is 32.6 Å². The van der Waals surface area contributed by atoms with Crippen LogP contribution in [0, 0.1) is 0 Å². The van der Waals surface area contributed by atoms with Gasteiger partial charge in [-0.15, -0.1) is 0 Å². The Kier molecular flexibility index (Phi) is 3.69. The van der Waals surface area contributed by atoms with Crippen molar-refractivity contribution in [2.24, 2.45) is 7.05 Å². The molecule has 9 heteroatoms. The number of rotatable bonds is 4. The maximum Gasteiger partial charge on any atom is 0.278 e. The molecule has 0 bridgehead atoms. The van der Waals surface area contributed by atoms with E-state index in [1.807, 2.05) is 6.92 Å². The lowest BCUT2D eigenvalue weighted by Crippen LogP contribution is -2.26. The Bertz CT molecular complexity index is 1020. The van der Waals surface area contributed by atoms with Gasteiger partial charge in [0, 0.05) is 25.6 Å². The van der Waals surface area contributed by atoms with Gasteiger partial charge in [-0.3, -0.25) is 4.68 Å². The smallest absolute Gasteiger partial charge is 0.278 e. The number of nitrogens with zero attached hydrogens (tertiary/aromatic N) is 5. The number of hydrogen-bond donors (Lipinski definition) is 0. The maximum atomic E-state index is 12.9. The average Bonchev–Trinajstić information content (AvgIpc) is 3.32. The molecule has 8 nitrogen and oxygen atoms in total. The van der Waals surface area contributed by atoms with E-state index in [2.05, 4.69) is 15.2 Å². The molecule has 130 valence electrons. The SMILES string of the molecule is CCc1noc(-c2nn(C)c3c2CN(S(=O)(=O)c2ccccc2)C3)n1. The first-order chi connectivity index (χ1) is 12.0. The Labute approximate surface area is 145 Å². The van der Waals surface area contributed by atoms with Crippen molar-refractivity contribution in [3.8, 4) is 11.6 Å². The predicted octanol–water partition coefficient (Wildman–Crippen LogP) is 1.74. The van der Waals surface area contributed by atoms with Gasteiger partial charge in [0.1, 0.15) is 0 Å². The number of benzene rings is 1. The zero-order valence-corrected chi connectivity index (χ0v) is 14.7. The van der Waals surface area contributed by atoms with Crippen LogP contribution < -0.4 is 0 Å². The van der Waals surface area contributed by atoms with E-state index >= 15 is 0 Å². The van der Waals surface area contributed by atoms with Crippen molar-refractivity contribution in [3.05, 3.63) is 47.4 Å². The summed E-state index contributed by atoms with van der Waals surface area (Å²) in [6.07, 6.45) is 0.660. The summed E-state index contributed by atoms with van der Waals surface area (Å²) >= 11 is 0. The summed E-state index contributed by atoms with van der Waals surface area (Å²) < 4.78 is 34.1. The quantitative estimate of drug-likeness (QED) is 0.704. The summed E-state index contributed by atoms with van der Waals surface area (Å²) in [6, 6.07) is 8.42. The lowest BCUT2D eigenvalue weighted by atomic mass is 10.2. The molecule has 3 aromatic rings. The molecule has 0 fully saturated rings. The molecular weight excluding hydrogens is 342 g/mol. The number of aromatic nitrogens is 4. The molecule has 0 unspecified atom stereocenters. The highest BCUT2D eigenvalue weighted by molar-refractivity contribution is 7.89. The fourth-order valence-corrected chi connectivity index (χ4v) is 4.33. The number of aryl methyl sites for hydroxylation is 2. The molecule has 0 spiro atoms. The molecule has 25 heavy (non-hydrogen) atoms. The third kappa shape index (κ3) is 2.56. The molecule has 4 rings (SSSR count). The minimum atomic E-state index is -3.57. The third-order valence-electron chi connectivity index (χ3n) is 4.30. The van der Waals surface area contributed by atoms with Crippen LogP contribution in [0.15, 0.2) is 39.8 Å². The first kappa shape index (κ1) is 16.0. The first-order valence-electron chi connectivity index (χ1n) is 7.93. The monoisotopic (exact) mass is 359 g/mol. The van der Waals surface area contributed by atoms with E-state index in [0.29, 0.717) is 23.8 Å². The van der Waals surface area contributed by atoms with Crippen LogP contribution in [0.1, 0.15) is 24.0 Å². The Morgan fingerprint density at radius 2 is 1.96 bits per heavy atom. The number of fused-ring (bicyclic) bond motifs is 1. The van der Waals surface area contributed by atoms with Crippen molar-refractivity contribution in [1.82, 2.24) is 24.2 Å². The molecule has 0 atom stereocenters. The molecule has 0 saturated heterocycles. The van der Waals surface area contributed by atoms with Gasteiger partial charge in [0.05, 0.1) is 17.1 Å². The van der Waals surface area contributed by atoms with Crippen LogP contribution in [0.25, 0.3) is 11.6 Å². The summed E-state index contributed by atoms with van der Waals surface area (Å²) in [7, 11) is -1.78. The summed E-state index contributed by atoms with van der Waals surface area (Å²) in [4.78, 5) is 4.59. The molecular formula is C16H17N5O3S. The Balaban J connectivity index is 1.71.